The molecule has 39 heavy (non-hydrogen) atoms. The number of aromatic amines is 1. The molecule has 0 bridgehead atoms. The van der Waals surface area contributed by atoms with E-state index in [0.29, 0.717) is 36.9 Å². The van der Waals surface area contributed by atoms with Gasteiger partial charge in [-0.3, -0.25) is 15.1 Å². The van der Waals surface area contributed by atoms with Crippen LogP contribution in [0.5, 0.6) is 5.75 Å². The van der Waals surface area contributed by atoms with E-state index < -0.39 is 23.9 Å². The fraction of sp³-hybridized carbons (Fsp3) is 0.296. The molecule has 206 valence electrons. The zero-order chi connectivity index (χ0) is 27.9. The lowest BCUT2D eigenvalue weighted by Gasteiger charge is -2.35. The van der Waals surface area contributed by atoms with Crippen molar-refractivity contribution in [1.29, 1.82) is 5.41 Å². The number of nitrogens with two attached hydrogens (primary N) is 2. The first kappa shape index (κ1) is 27.8. The Morgan fingerprint density at radius 3 is 2.64 bits per heavy atom. The molecule has 1 aliphatic rings. The summed E-state index contributed by atoms with van der Waals surface area (Å²) in [4.78, 5) is 29.6. The zero-order valence-corrected chi connectivity index (χ0v) is 22.2. The van der Waals surface area contributed by atoms with Crippen molar-refractivity contribution in [2.45, 2.75) is 12.5 Å². The summed E-state index contributed by atoms with van der Waals surface area (Å²) in [5.74, 6) is -0.570. The maximum Gasteiger partial charge on any atom is 0.410 e. The van der Waals surface area contributed by atoms with Gasteiger partial charge in [0.2, 0.25) is 0 Å². The van der Waals surface area contributed by atoms with Gasteiger partial charge in [0, 0.05) is 48.0 Å². The highest BCUT2D eigenvalue weighted by Crippen LogP contribution is 2.39. The van der Waals surface area contributed by atoms with Gasteiger partial charge in [0.05, 0.1) is 12.2 Å². The molecule has 1 aliphatic heterocycles. The molecule has 2 aromatic carbocycles. The molecule has 4 rings (SSSR count). The van der Waals surface area contributed by atoms with Crippen LogP contribution in [-0.2, 0) is 20.7 Å². The molecule has 2 heterocycles. The molecule has 1 aromatic heterocycles. The normalized spacial score (nSPS) is 15.1. The minimum absolute atomic E-state index is 0.101. The van der Waals surface area contributed by atoms with E-state index in [4.69, 9.17) is 42.7 Å². The molecular formula is C27H31ClN6O5. The largest absolute Gasteiger partial charge is 0.492 e. The Morgan fingerprint density at radius 2 is 1.95 bits per heavy atom. The van der Waals surface area contributed by atoms with Gasteiger partial charge in [-0.2, -0.15) is 0 Å². The third-order valence-electron chi connectivity index (χ3n) is 6.35. The van der Waals surface area contributed by atoms with Crippen LogP contribution in [0, 0.1) is 5.41 Å². The number of nitrogens with zero attached hydrogens (tertiary/aromatic N) is 1. The Hall–Kier alpha value is -4.22. The van der Waals surface area contributed by atoms with Gasteiger partial charge in [0.15, 0.2) is 0 Å². The Labute approximate surface area is 230 Å². The van der Waals surface area contributed by atoms with E-state index in [-0.39, 0.29) is 18.8 Å². The van der Waals surface area contributed by atoms with Gasteiger partial charge in [0.25, 0.3) is 5.91 Å². The molecule has 0 saturated heterocycles. The molecule has 11 nitrogen and oxygen atoms in total. The van der Waals surface area contributed by atoms with Gasteiger partial charge in [-0.1, -0.05) is 23.7 Å². The van der Waals surface area contributed by atoms with Crippen LogP contribution in [0.2, 0.25) is 5.02 Å². The number of methoxy groups -OCH3 is 1. The van der Waals surface area contributed by atoms with Gasteiger partial charge in [-0.25, -0.2) is 4.79 Å². The minimum Gasteiger partial charge on any atom is -0.492 e. The second kappa shape index (κ2) is 12.5. The number of fused-ring (bicyclic) bond motifs is 3. The average Bonchev–Trinajstić information content (AvgIpc) is 3.28. The van der Waals surface area contributed by atoms with Gasteiger partial charge >= 0.3 is 6.09 Å². The summed E-state index contributed by atoms with van der Waals surface area (Å²) in [5, 5.41) is 11.9. The first-order chi connectivity index (χ1) is 18.8. The first-order valence-electron chi connectivity index (χ1n) is 12.3. The second-order valence-corrected chi connectivity index (χ2v) is 9.30. The lowest BCUT2D eigenvalue weighted by molar-refractivity contribution is -0.114. The van der Waals surface area contributed by atoms with Crippen LogP contribution in [0.3, 0.4) is 0 Å². The number of primary amides is 1. The van der Waals surface area contributed by atoms with Crippen LogP contribution >= 0.6 is 11.6 Å². The molecule has 1 atom stereocenters. The molecule has 0 radical (unpaired) electrons. The van der Waals surface area contributed by atoms with Crippen molar-refractivity contribution in [3.8, 4) is 5.75 Å². The second-order valence-electron chi connectivity index (χ2n) is 8.87. The van der Waals surface area contributed by atoms with Crippen LogP contribution < -0.4 is 21.5 Å². The van der Waals surface area contributed by atoms with E-state index in [1.54, 1.807) is 12.0 Å². The highest BCUT2D eigenvalue weighted by atomic mass is 35.5. The maximum absolute atomic E-state index is 13.1. The van der Waals surface area contributed by atoms with Crippen molar-refractivity contribution in [1.82, 2.24) is 15.2 Å². The fourth-order valence-corrected chi connectivity index (χ4v) is 4.70. The van der Waals surface area contributed by atoms with Crippen molar-refractivity contribution in [2.75, 3.05) is 40.0 Å². The maximum atomic E-state index is 13.1. The number of rotatable bonds is 11. The number of amides is 2. The van der Waals surface area contributed by atoms with Crippen molar-refractivity contribution in [2.24, 2.45) is 11.5 Å². The van der Waals surface area contributed by atoms with Crippen molar-refractivity contribution in [3.63, 3.8) is 0 Å². The monoisotopic (exact) mass is 554 g/mol. The standard InChI is InChI=1S/C27H31ClN6O5/c1-37-12-13-39-27(36)34-10-8-19-20-14-17(28)4-7-22(20)33-23(19)24(34)16-2-5-18(6-3-16)38-11-9-32-15-21(25(29)30)26(31)35/h2-7,14-15,24,32-33H,8-13H2,1H3,(H3,29,30)(H2,31,35)/b21-15+. The minimum atomic E-state index is -0.785. The average molecular weight is 555 g/mol. The number of carbonyl (C=O) groups excluding carboxylic acids is 2. The number of amidine groups is 1. The Morgan fingerprint density at radius 1 is 1.18 bits per heavy atom. The number of hydrogen-bond acceptors (Lipinski definition) is 7. The lowest BCUT2D eigenvalue weighted by Crippen LogP contribution is -2.41. The first-order valence-corrected chi connectivity index (χ1v) is 12.7. The topological polar surface area (TPSA) is 169 Å². The number of nitrogens with one attached hydrogen (secondary N) is 3. The highest BCUT2D eigenvalue weighted by Gasteiger charge is 2.35. The lowest BCUT2D eigenvalue weighted by atomic mass is 9.92. The summed E-state index contributed by atoms with van der Waals surface area (Å²) in [6.07, 6.45) is 1.54. The van der Waals surface area contributed by atoms with Crippen LogP contribution in [0.15, 0.2) is 54.2 Å². The number of aromatic nitrogens is 1. The SMILES string of the molecule is COCCOC(=O)N1CCc2c([nH]c3ccc(Cl)cc23)C1c1ccc(OCCN/C=C(\C(=N)N)C(N)=O)cc1. The van der Waals surface area contributed by atoms with E-state index in [0.717, 1.165) is 27.7 Å². The van der Waals surface area contributed by atoms with Crippen molar-refractivity contribution < 1.29 is 23.8 Å². The third-order valence-corrected chi connectivity index (χ3v) is 6.58. The fourth-order valence-electron chi connectivity index (χ4n) is 4.53. The van der Waals surface area contributed by atoms with Gasteiger partial charge in [-0.15, -0.1) is 0 Å². The van der Waals surface area contributed by atoms with Gasteiger partial charge in [0.1, 0.15) is 30.8 Å². The van der Waals surface area contributed by atoms with Gasteiger partial charge in [-0.05, 0) is 47.9 Å². The van der Waals surface area contributed by atoms with E-state index in [1.165, 1.54) is 6.20 Å². The Balaban J connectivity index is 1.52. The van der Waals surface area contributed by atoms with Crippen molar-refractivity contribution in [3.05, 3.63) is 76.1 Å². The summed E-state index contributed by atoms with van der Waals surface area (Å²) >= 11 is 6.28. The van der Waals surface area contributed by atoms with E-state index in [9.17, 15) is 9.59 Å². The van der Waals surface area contributed by atoms with E-state index in [1.807, 2.05) is 42.5 Å². The molecule has 0 saturated carbocycles. The molecule has 3 aromatic rings. The molecule has 1 unspecified atom stereocenters. The highest BCUT2D eigenvalue weighted by molar-refractivity contribution is 6.31. The Kier molecular flexibility index (Phi) is 8.95. The molecule has 0 fully saturated rings. The van der Waals surface area contributed by atoms with Crippen LogP contribution in [-0.4, -0.2) is 67.7 Å². The van der Waals surface area contributed by atoms with Gasteiger partial charge < -0.3 is 36.0 Å². The van der Waals surface area contributed by atoms with E-state index >= 15 is 0 Å². The smallest absolute Gasteiger partial charge is 0.410 e. The van der Waals surface area contributed by atoms with Crippen molar-refractivity contribution >= 4 is 40.3 Å². The van der Waals surface area contributed by atoms with Crippen LogP contribution in [0.4, 0.5) is 4.79 Å². The number of hydrogen-bond donors (Lipinski definition) is 5. The third kappa shape index (κ3) is 6.44. The summed E-state index contributed by atoms with van der Waals surface area (Å²) in [6.45, 7) is 1.60. The summed E-state index contributed by atoms with van der Waals surface area (Å²) < 4.78 is 16.3. The van der Waals surface area contributed by atoms with E-state index in [2.05, 4.69) is 10.3 Å². The predicted octanol–water partition coefficient (Wildman–Crippen LogP) is 2.83. The van der Waals surface area contributed by atoms with Crippen LogP contribution in [0.25, 0.3) is 10.9 Å². The quantitative estimate of drug-likeness (QED) is 0.105. The summed E-state index contributed by atoms with van der Waals surface area (Å²) in [5.41, 5.74) is 14.3. The molecule has 12 heteroatoms. The number of halogens is 1. The summed E-state index contributed by atoms with van der Waals surface area (Å²) in [6, 6.07) is 12.8. The molecule has 0 aliphatic carbocycles. The zero-order valence-electron chi connectivity index (χ0n) is 21.5. The number of carbonyl (C=O) groups is 2. The Bertz CT molecular complexity index is 1370. The summed E-state index contributed by atoms with van der Waals surface area (Å²) in [7, 11) is 1.56. The van der Waals surface area contributed by atoms with Crippen LogP contribution in [0.1, 0.15) is 22.9 Å². The number of H-pyrrole nitrogens is 1. The molecular weight excluding hydrogens is 524 g/mol. The number of ether oxygens (including phenoxy) is 3. The molecule has 2 amide bonds. The number of benzene rings is 2. The predicted molar refractivity (Wildman–Crippen MR) is 148 cm³/mol. The molecule has 7 N–H and O–H groups in total. The molecule has 0 spiro atoms.